The number of carbonyl (C=O) groups excluding carboxylic acids is 2. The minimum atomic E-state index is 0.253. The number of hydrogen-bond donors (Lipinski definition) is 0. The lowest BCUT2D eigenvalue weighted by molar-refractivity contribution is -0.128. The van der Waals surface area contributed by atoms with E-state index in [1.165, 1.54) is 0 Å². The van der Waals surface area contributed by atoms with Gasteiger partial charge < -0.3 is 4.90 Å². The Bertz CT molecular complexity index is 215. The number of rotatable bonds is 3. The molecule has 0 aromatic heterocycles. The molecule has 0 unspecified atom stereocenters. The summed E-state index contributed by atoms with van der Waals surface area (Å²) in [7, 11) is 0. The lowest BCUT2D eigenvalue weighted by Crippen LogP contribution is -2.35. The first-order valence-electron chi connectivity index (χ1n) is 5.04. The van der Waals surface area contributed by atoms with Gasteiger partial charge in [-0.1, -0.05) is 0 Å². The van der Waals surface area contributed by atoms with Crippen LogP contribution in [0.15, 0.2) is 0 Å². The van der Waals surface area contributed by atoms with Gasteiger partial charge in [0.15, 0.2) is 0 Å². The molecule has 1 heterocycles. The minimum Gasteiger partial charge on any atom is -0.345 e. The molecule has 0 bridgehead atoms. The number of carbonyl (C=O) groups is 2. The van der Waals surface area contributed by atoms with Crippen LogP contribution in [-0.4, -0.2) is 30.2 Å². The van der Waals surface area contributed by atoms with Crippen molar-refractivity contribution in [3.63, 3.8) is 0 Å². The highest BCUT2D eigenvalue weighted by Gasteiger charge is 2.35. The molecule has 2 rings (SSSR count). The van der Waals surface area contributed by atoms with E-state index >= 15 is 0 Å². The molecule has 1 amide bonds. The molecule has 2 fully saturated rings. The van der Waals surface area contributed by atoms with Crippen molar-refractivity contribution in [1.82, 2.24) is 4.90 Å². The van der Waals surface area contributed by atoms with Crippen LogP contribution in [0.2, 0.25) is 0 Å². The van der Waals surface area contributed by atoms with Gasteiger partial charge in [0.05, 0.1) is 0 Å². The lowest BCUT2D eigenvalue weighted by Gasteiger charge is -2.28. The van der Waals surface area contributed by atoms with Crippen LogP contribution in [0.5, 0.6) is 0 Å². The predicted molar refractivity (Wildman–Crippen MR) is 48.1 cm³/mol. The Morgan fingerprint density at radius 1 is 1.08 bits per heavy atom. The van der Waals surface area contributed by atoms with E-state index in [9.17, 15) is 9.59 Å². The van der Waals surface area contributed by atoms with E-state index in [-0.39, 0.29) is 5.92 Å². The molecule has 1 saturated carbocycles. The largest absolute Gasteiger partial charge is 0.345 e. The summed E-state index contributed by atoms with van der Waals surface area (Å²) >= 11 is 0. The number of piperidine rings is 1. The molecule has 1 aliphatic carbocycles. The van der Waals surface area contributed by atoms with Gasteiger partial charge in [0.2, 0.25) is 6.41 Å². The zero-order valence-electron chi connectivity index (χ0n) is 7.74. The van der Waals surface area contributed by atoms with Gasteiger partial charge in [-0.3, -0.25) is 9.59 Å². The summed E-state index contributed by atoms with van der Waals surface area (Å²) in [5, 5.41) is 0. The van der Waals surface area contributed by atoms with Crippen molar-refractivity contribution >= 4 is 12.2 Å². The molecule has 72 valence electrons. The summed E-state index contributed by atoms with van der Waals surface area (Å²) in [5.41, 5.74) is 0. The first kappa shape index (κ1) is 8.73. The second kappa shape index (κ2) is 3.48. The quantitative estimate of drug-likeness (QED) is 0.605. The molecular formula is C10H15NO2. The van der Waals surface area contributed by atoms with Crippen molar-refractivity contribution in [3.05, 3.63) is 0 Å². The molecule has 2 aliphatic rings. The van der Waals surface area contributed by atoms with Crippen LogP contribution in [0.1, 0.15) is 25.7 Å². The third-order valence-corrected chi connectivity index (χ3v) is 3.06. The fourth-order valence-corrected chi connectivity index (χ4v) is 1.99. The molecule has 1 aliphatic heterocycles. The maximum atomic E-state index is 11.6. The van der Waals surface area contributed by atoms with Crippen LogP contribution in [0.3, 0.4) is 0 Å². The topological polar surface area (TPSA) is 37.4 Å². The number of Topliss-reactive ketones (excluding diaryl/α,β-unsaturated/α-hetero) is 1. The van der Waals surface area contributed by atoms with Crippen molar-refractivity contribution in [2.24, 2.45) is 11.8 Å². The summed E-state index contributed by atoms with van der Waals surface area (Å²) in [6, 6.07) is 0. The molecule has 0 aromatic rings. The van der Waals surface area contributed by atoms with Crippen molar-refractivity contribution in [2.75, 3.05) is 13.1 Å². The van der Waals surface area contributed by atoms with Gasteiger partial charge in [-0.25, -0.2) is 0 Å². The van der Waals surface area contributed by atoms with Gasteiger partial charge in [-0.15, -0.1) is 0 Å². The maximum Gasteiger partial charge on any atom is 0.209 e. The number of ketones is 1. The number of likely N-dealkylation sites (tertiary alicyclic amines) is 1. The highest BCUT2D eigenvalue weighted by molar-refractivity contribution is 5.85. The zero-order chi connectivity index (χ0) is 9.26. The average Bonchev–Trinajstić information content (AvgIpc) is 3.00. The molecule has 0 aromatic carbocycles. The zero-order valence-corrected chi connectivity index (χ0v) is 7.74. The van der Waals surface area contributed by atoms with Gasteiger partial charge in [-0.2, -0.15) is 0 Å². The number of amides is 1. The third-order valence-electron chi connectivity index (χ3n) is 3.06. The molecule has 0 radical (unpaired) electrons. The fraction of sp³-hybridized carbons (Fsp3) is 0.800. The molecule has 1 saturated heterocycles. The van der Waals surface area contributed by atoms with Crippen molar-refractivity contribution in [1.29, 1.82) is 0 Å². The van der Waals surface area contributed by atoms with Crippen molar-refractivity contribution < 1.29 is 9.59 Å². The Hall–Kier alpha value is -0.860. The highest BCUT2D eigenvalue weighted by atomic mass is 16.1. The first-order valence-corrected chi connectivity index (χ1v) is 5.04. The van der Waals surface area contributed by atoms with Gasteiger partial charge in [0, 0.05) is 24.9 Å². The van der Waals surface area contributed by atoms with Crippen LogP contribution < -0.4 is 0 Å². The van der Waals surface area contributed by atoms with E-state index in [1.54, 1.807) is 4.90 Å². The van der Waals surface area contributed by atoms with E-state index in [0.29, 0.717) is 11.7 Å². The van der Waals surface area contributed by atoms with Crippen molar-refractivity contribution in [3.8, 4) is 0 Å². The highest BCUT2D eigenvalue weighted by Crippen LogP contribution is 2.35. The predicted octanol–water partition coefficient (Wildman–Crippen LogP) is 0.834. The van der Waals surface area contributed by atoms with E-state index in [0.717, 1.165) is 45.2 Å². The van der Waals surface area contributed by atoms with Gasteiger partial charge in [0.1, 0.15) is 5.78 Å². The van der Waals surface area contributed by atoms with E-state index in [4.69, 9.17) is 0 Å². The smallest absolute Gasteiger partial charge is 0.209 e. The average molecular weight is 181 g/mol. The summed E-state index contributed by atoms with van der Waals surface area (Å²) in [5.74, 6) is 1.10. The van der Waals surface area contributed by atoms with Gasteiger partial charge >= 0.3 is 0 Å². The summed E-state index contributed by atoms with van der Waals surface area (Å²) in [6.45, 7) is 1.54. The minimum absolute atomic E-state index is 0.253. The third kappa shape index (κ3) is 1.90. The lowest BCUT2D eigenvalue weighted by atomic mass is 9.90. The van der Waals surface area contributed by atoms with Crippen LogP contribution in [0.4, 0.5) is 0 Å². The molecule has 0 spiro atoms. The number of hydrogen-bond acceptors (Lipinski definition) is 2. The maximum absolute atomic E-state index is 11.6. The molecule has 13 heavy (non-hydrogen) atoms. The second-order valence-electron chi connectivity index (χ2n) is 4.09. The van der Waals surface area contributed by atoms with Crippen LogP contribution in [-0.2, 0) is 9.59 Å². The monoisotopic (exact) mass is 181 g/mol. The number of nitrogens with zero attached hydrogens (tertiary/aromatic N) is 1. The second-order valence-corrected chi connectivity index (χ2v) is 4.09. The first-order chi connectivity index (χ1) is 6.31. The van der Waals surface area contributed by atoms with Crippen LogP contribution >= 0.6 is 0 Å². The van der Waals surface area contributed by atoms with Crippen LogP contribution in [0, 0.1) is 11.8 Å². The summed E-state index contributed by atoms with van der Waals surface area (Å²) in [6.07, 6.45) is 4.86. The van der Waals surface area contributed by atoms with E-state index in [2.05, 4.69) is 0 Å². The Kier molecular flexibility index (Phi) is 2.34. The Labute approximate surface area is 78.1 Å². The van der Waals surface area contributed by atoms with Crippen molar-refractivity contribution in [2.45, 2.75) is 25.7 Å². The van der Waals surface area contributed by atoms with Gasteiger partial charge in [-0.05, 0) is 25.7 Å². The van der Waals surface area contributed by atoms with E-state index < -0.39 is 0 Å². The molecule has 3 heteroatoms. The Morgan fingerprint density at radius 2 is 1.62 bits per heavy atom. The summed E-state index contributed by atoms with van der Waals surface area (Å²) < 4.78 is 0. The van der Waals surface area contributed by atoms with Crippen LogP contribution in [0.25, 0.3) is 0 Å². The standard InChI is InChI=1S/C10H15NO2/c12-7-11-5-3-9(4-6-11)10(13)8-1-2-8/h7-9H,1-6H2. The Morgan fingerprint density at radius 3 is 2.08 bits per heavy atom. The molecule has 3 nitrogen and oxygen atoms in total. The summed E-state index contributed by atoms with van der Waals surface area (Å²) in [4.78, 5) is 23.8. The van der Waals surface area contributed by atoms with E-state index in [1.807, 2.05) is 0 Å². The molecular weight excluding hydrogens is 166 g/mol. The fourth-order valence-electron chi connectivity index (χ4n) is 1.99. The van der Waals surface area contributed by atoms with Gasteiger partial charge in [0.25, 0.3) is 0 Å². The molecule has 0 N–H and O–H groups in total. The normalized spacial score (nSPS) is 24.5. The molecule has 0 atom stereocenters. The Balaban J connectivity index is 1.83. The SMILES string of the molecule is O=CN1CCC(C(=O)C2CC2)CC1.